The average molecular weight is 199 g/mol. The summed E-state index contributed by atoms with van der Waals surface area (Å²) in [6.07, 6.45) is 0. The molecule has 0 spiro atoms. The van der Waals surface area contributed by atoms with E-state index in [1.165, 1.54) is 10.5 Å². The zero-order valence-electron chi connectivity index (χ0n) is 7.17. The SMILES string of the molecule is CC1Sc2ccc(Cl)cc2C1C. The van der Waals surface area contributed by atoms with Gasteiger partial charge in [-0.3, -0.25) is 0 Å². The first kappa shape index (κ1) is 8.46. The average Bonchev–Trinajstić information content (AvgIpc) is 2.31. The Bertz CT molecular complexity index is 309. The highest BCUT2D eigenvalue weighted by Gasteiger charge is 2.26. The maximum Gasteiger partial charge on any atom is 0.0409 e. The first-order valence-corrected chi connectivity index (χ1v) is 5.40. The largest absolute Gasteiger partial charge is 0.122 e. The van der Waals surface area contributed by atoms with Crippen molar-refractivity contribution in [1.29, 1.82) is 0 Å². The summed E-state index contributed by atoms with van der Waals surface area (Å²) in [6, 6.07) is 6.19. The molecule has 1 heterocycles. The fraction of sp³-hybridized carbons (Fsp3) is 0.400. The predicted molar refractivity (Wildman–Crippen MR) is 55.2 cm³/mol. The molecule has 64 valence electrons. The first-order chi connectivity index (χ1) is 5.68. The molecule has 0 amide bonds. The van der Waals surface area contributed by atoms with E-state index in [1.807, 2.05) is 17.8 Å². The Morgan fingerprint density at radius 1 is 1.33 bits per heavy atom. The summed E-state index contributed by atoms with van der Waals surface area (Å²) in [7, 11) is 0. The highest BCUT2D eigenvalue weighted by molar-refractivity contribution is 8.00. The van der Waals surface area contributed by atoms with Gasteiger partial charge in [-0.25, -0.2) is 0 Å². The van der Waals surface area contributed by atoms with Crippen LogP contribution in [0.15, 0.2) is 23.1 Å². The molecule has 1 aliphatic rings. The van der Waals surface area contributed by atoms with E-state index in [1.54, 1.807) is 0 Å². The number of thioether (sulfide) groups is 1. The van der Waals surface area contributed by atoms with Gasteiger partial charge < -0.3 is 0 Å². The Morgan fingerprint density at radius 2 is 2.08 bits per heavy atom. The van der Waals surface area contributed by atoms with E-state index >= 15 is 0 Å². The highest BCUT2D eigenvalue weighted by atomic mass is 35.5. The second-order valence-electron chi connectivity index (χ2n) is 3.29. The molecule has 0 aromatic heterocycles. The summed E-state index contributed by atoms with van der Waals surface area (Å²) in [5, 5.41) is 1.55. The lowest BCUT2D eigenvalue weighted by molar-refractivity contribution is 0.762. The van der Waals surface area contributed by atoms with E-state index in [9.17, 15) is 0 Å². The molecule has 2 rings (SSSR count). The third kappa shape index (κ3) is 1.25. The van der Waals surface area contributed by atoms with Crippen molar-refractivity contribution in [2.24, 2.45) is 0 Å². The van der Waals surface area contributed by atoms with Gasteiger partial charge in [0.25, 0.3) is 0 Å². The van der Waals surface area contributed by atoms with Gasteiger partial charge in [-0.15, -0.1) is 11.8 Å². The summed E-state index contributed by atoms with van der Waals surface area (Å²) in [4.78, 5) is 1.40. The Balaban J connectivity index is 2.48. The first-order valence-electron chi connectivity index (χ1n) is 4.14. The lowest BCUT2D eigenvalue weighted by atomic mass is 9.99. The predicted octanol–water partition coefficient (Wildman–Crippen LogP) is 3.94. The van der Waals surface area contributed by atoms with Crippen LogP contribution in [-0.4, -0.2) is 5.25 Å². The van der Waals surface area contributed by atoms with Crippen LogP contribution in [0.2, 0.25) is 5.02 Å². The standard InChI is InChI=1S/C10H11ClS/c1-6-7(2)12-10-4-3-8(11)5-9(6)10/h3-7H,1-2H3. The molecule has 0 N–H and O–H groups in total. The van der Waals surface area contributed by atoms with Crippen LogP contribution in [-0.2, 0) is 0 Å². The van der Waals surface area contributed by atoms with E-state index < -0.39 is 0 Å². The molecule has 2 atom stereocenters. The maximum atomic E-state index is 5.93. The van der Waals surface area contributed by atoms with Gasteiger partial charge in [-0.1, -0.05) is 25.4 Å². The summed E-state index contributed by atoms with van der Waals surface area (Å²) in [5.74, 6) is 0.642. The third-order valence-electron chi connectivity index (χ3n) is 2.48. The number of benzene rings is 1. The summed E-state index contributed by atoms with van der Waals surface area (Å²) >= 11 is 7.88. The molecule has 0 fully saturated rings. The van der Waals surface area contributed by atoms with E-state index in [-0.39, 0.29) is 0 Å². The number of hydrogen-bond acceptors (Lipinski definition) is 1. The lowest BCUT2D eigenvalue weighted by Crippen LogP contribution is -1.99. The fourth-order valence-electron chi connectivity index (χ4n) is 1.54. The minimum atomic E-state index is 0.642. The summed E-state index contributed by atoms with van der Waals surface area (Å²) < 4.78 is 0. The monoisotopic (exact) mass is 198 g/mol. The van der Waals surface area contributed by atoms with Crippen LogP contribution in [0.4, 0.5) is 0 Å². The lowest BCUT2D eigenvalue weighted by Gasteiger charge is -2.07. The Labute approximate surface area is 82.3 Å². The number of fused-ring (bicyclic) bond motifs is 1. The van der Waals surface area contributed by atoms with Crippen molar-refractivity contribution in [3.8, 4) is 0 Å². The molecule has 1 aliphatic heterocycles. The van der Waals surface area contributed by atoms with Gasteiger partial charge in [0.2, 0.25) is 0 Å². The van der Waals surface area contributed by atoms with Gasteiger partial charge in [0, 0.05) is 15.2 Å². The molecule has 0 bridgehead atoms. The summed E-state index contributed by atoms with van der Waals surface area (Å²) in [5.41, 5.74) is 1.42. The van der Waals surface area contributed by atoms with Crippen LogP contribution in [0.25, 0.3) is 0 Å². The van der Waals surface area contributed by atoms with Crippen molar-refractivity contribution in [2.45, 2.75) is 29.9 Å². The van der Waals surface area contributed by atoms with Crippen LogP contribution in [0.1, 0.15) is 25.3 Å². The molecular formula is C10H11ClS. The van der Waals surface area contributed by atoms with Crippen molar-refractivity contribution in [3.05, 3.63) is 28.8 Å². The smallest absolute Gasteiger partial charge is 0.0409 e. The zero-order valence-corrected chi connectivity index (χ0v) is 8.75. The summed E-state index contributed by atoms with van der Waals surface area (Å²) in [6.45, 7) is 4.53. The van der Waals surface area contributed by atoms with Gasteiger partial charge >= 0.3 is 0 Å². The molecule has 12 heavy (non-hydrogen) atoms. The molecule has 0 radical (unpaired) electrons. The molecule has 2 heteroatoms. The van der Waals surface area contributed by atoms with Crippen LogP contribution in [0.5, 0.6) is 0 Å². The number of hydrogen-bond donors (Lipinski definition) is 0. The van der Waals surface area contributed by atoms with Gasteiger partial charge in [-0.2, -0.15) is 0 Å². The van der Waals surface area contributed by atoms with E-state index in [0.29, 0.717) is 11.2 Å². The molecular weight excluding hydrogens is 188 g/mol. The van der Waals surface area contributed by atoms with Crippen LogP contribution >= 0.6 is 23.4 Å². The fourth-order valence-corrected chi connectivity index (χ4v) is 3.00. The Kier molecular flexibility index (Phi) is 2.09. The van der Waals surface area contributed by atoms with Gasteiger partial charge in [-0.05, 0) is 29.7 Å². The van der Waals surface area contributed by atoms with Crippen molar-refractivity contribution >= 4 is 23.4 Å². The molecule has 1 aromatic rings. The minimum Gasteiger partial charge on any atom is -0.122 e. The molecule has 1 aromatic carbocycles. The van der Waals surface area contributed by atoms with Crippen LogP contribution < -0.4 is 0 Å². The zero-order chi connectivity index (χ0) is 8.72. The second-order valence-corrected chi connectivity index (χ2v) is 5.15. The molecule has 0 nitrogen and oxygen atoms in total. The minimum absolute atomic E-state index is 0.642. The molecule has 0 saturated heterocycles. The topological polar surface area (TPSA) is 0 Å². The van der Waals surface area contributed by atoms with Gasteiger partial charge in [0.05, 0.1) is 0 Å². The van der Waals surface area contributed by atoms with Crippen molar-refractivity contribution in [1.82, 2.24) is 0 Å². The van der Waals surface area contributed by atoms with Crippen LogP contribution in [0, 0.1) is 0 Å². The van der Waals surface area contributed by atoms with E-state index in [4.69, 9.17) is 11.6 Å². The van der Waals surface area contributed by atoms with E-state index in [0.717, 1.165) is 5.02 Å². The Morgan fingerprint density at radius 3 is 2.83 bits per heavy atom. The highest BCUT2D eigenvalue weighted by Crippen LogP contribution is 2.45. The van der Waals surface area contributed by atoms with Crippen molar-refractivity contribution < 1.29 is 0 Å². The molecule has 2 unspecified atom stereocenters. The normalized spacial score (nSPS) is 27.2. The van der Waals surface area contributed by atoms with Crippen molar-refractivity contribution in [2.75, 3.05) is 0 Å². The third-order valence-corrected chi connectivity index (χ3v) is 4.12. The number of halogens is 1. The van der Waals surface area contributed by atoms with E-state index in [2.05, 4.69) is 26.0 Å². The maximum absolute atomic E-state index is 5.93. The Hall–Kier alpha value is -0.140. The molecule has 0 aliphatic carbocycles. The van der Waals surface area contributed by atoms with Gasteiger partial charge in [0.15, 0.2) is 0 Å². The quantitative estimate of drug-likeness (QED) is 0.609. The number of rotatable bonds is 0. The molecule has 0 saturated carbocycles. The van der Waals surface area contributed by atoms with Gasteiger partial charge in [0.1, 0.15) is 0 Å². The van der Waals surface area contributed by atoms with Crippen LogP contribution in [0.3, 0.4) is 0 Å². The van der Waals surface area contributed by atoms with Crippen molar-refractivity contribution in [3.63, 3.8) is 0 Å². The second kappa shape index (κ2) is 2.97.